The molecule has 0 amide bonds. The summed E-state index contributed by atoms with van der Waals surface area (Å²) < 4.78 is 13.8. The molecule has 0 radical (unpaired) electrons. The van der Waals surface area contributed by atoms with E-state index in [1.807, 2.05) is 29.0 Å². The number of methoxy groups -OCH3 is 1. The van der Waals surface area contributed by atoms with Gasteiger partial charge in [-0.1, -0.05) is 17.8 Å². The zero-order chi connectivity index (χ0) is 19.7. The Morgan fingerprint density at radius 3 is 3.00 bits per heavy atom. The number of aliphatic hydroxyl groups excluding tert-OH is 1. The Balaban J connectivity index is 1.63. The van der Waals surface area contributed by atoms with E-state index >= 15 is 0 Å². The first-order valence-electron chi connectivity index (χ1n) is 8.97. The summed E-state index contributed by atoms with van der Waals surface area (Å²) in [6.45, 7) is 0.995. The minimum atomic E-state index is 0.00619. The number of para-hydroxylation sites is 1. The Labute approximate surface area is 177 Å². The fourth-order valence-corrected chi connectivity index (χ4v) is 6.16. The van der Waals surface area contributed by atoms with Gasteiger partial charge in [-0.25, -0.2) is 4.98 Å². The number of nitrogens with two attached hydrogens (primary N) is 1. The highest BCUT2D eigenvalue weighted by molar-refractivity contribution is 8.00. The maximum atomic E-state index is 9.60. The molecule has 4 rings (SSSR count). The number of rotatable bonds is 6. The average molecular weight is 439 g/mol. The van der Waals surface area contributed by atoms with Crippen LogP contribution in [0, 0.1) is 4.77 Å². The van der Waals surface area contributed by atoms with E-state index < -0.39 is 0 Å². The van der Waals surface area contributed by atoms with E-state index in [9.17, 15) is 5.11 Å². The third-order valence-electron chi connectivity index (χ3n) is 4.72. The average Bonchev–Trinajstić information content (AvgIpc) is 3.13. The van der Waals surface area contributed by atoms with Gasteiger partial charge in [0.15, 0.2) is 0 Å². The number of benzene rings is 1. The summed E-state index contributed by atoms with van der Waals surface area (Å²) in [7, 11) is 1.68. The zero-order valence-corrected chi connectivity index (χ0v) is 17.8. The van der Waals surface area contributed by atoms with Gasteiger partial charge in [-0.2, -0.15) is 0 Å². The maximum Gasteiger partial charge on any atom is 0.202 e. The first kappa shape index (κ1) is 20.0. The second kappa shape index (κ2) is 8.60. The largest absolute Gasteiger partial charge is 0.490 e. The Kier molecular flexibility index (Phi) is 6.14. The summed E-state index contributed by atoms with van der Waals surface area (Å²) >= 11 is 8.87. The quantitative estimate of drug-likeness (QED) is 0.502. The van der Waals surface area contributed by atoms with Crippen LogP contribution in [0.25, 0.3) is 0 Å². The standard InChI is InChI=1S/C18H22N4O3S3/c1-24-11-7-15(28-14(11)9-23)22-8-13-17(21-18(22)26)20-16-10(25-6-5-19)3-2-4-12(16)27-13/h2-4,8,11,14-15,23H,5-7,9,19H2,1H3,(H,20,21,26)/t11?,14-,15-/m1/s1. The van der Waals surface area contributed by atoms with Crippen molar-refractivity contribution < 1.29 is 14.6 Å². The predicted octanol–water partition coefficient (Wildman–Crippen LogP) is 3.17. The van der Waals surface area contributed by atoms with Crippen molar-refractivity contribution in [1.82, 2.24) is 9.55 Å². The van der Waals surface area contributed by atoms with Gasteiger partial charge >= 0.3 is 0 Å². The molecule has 1 saturated heterocycles. The molecule has 1 unspecified atom stereocenters. The lowest BCUT2D eigenvalue weighted by Crippen LogP contribution is -2.23. The fourth-order valence-electron chi connectivity index (χ4n) is 3.35. The number of nitrogens with zero attached hydrogens (tertiary/aromatic N) is 2. The topological polar surface area (TPSA) is 94.6 Å². The minimum Gasteiger partial charge on any atom is -0.490 e. The number of thioether (sulfide) groups is 1. The summed E-state index contributed by atoms with van der Waals surface area (Å²) in [5.41, 5.74) is 6.45. The summed E-state index contributed by atoms with van der Waals surface area (Å²) in [6.07, 6.45) is 2.84. The van der Waals surface area contributed by atoms with Crippen molar-refractivity contribution in [3.8, 4) is 5.75 Å². The number of ether oxygens (including phenoxy) is 2. The lowest BCUT2D eigenvalue weighted by atomic mass is 10.2. The monoisotopic (exact) mass is 438 g/mol. The molecular weight excluding hydrogens is 416 g/mol. The molecule has 3 atom stereocenters. The van der Waals surface area contributed by atoms with Crippen LogP contribution in [0.3, 0.4) is 0 Å². The normalized spacial score (nSPS) is 23.0. The van der Waals surface area contributed by atoms with Crippen molar-refractivity contribution in [1.29, 1.82) is 0 Å². The van der Waals surface area contributed by atoms with Crippen molar-refractivity contribution in [2.24, 2.45) is 5.73 Å². The first-order valence-corrected chi connectivity index (χ1v) is 11.1. The number of hydrogen-bond acceptors (Lipinski definition) is 9. The zero-order valence-electron chi connectivity index (χ0n) is 15.3. The van der Waals surface area contributed by atoms with Gasteiger partial charge in [-0.3, -0.25) is 0 Å². The molecule has 2 aliphatic heterocycles. The van der Waals surface area contributed by atoms with Gasteiger partial charge < -0.3 is 30.2 Å². The van der Waals surface area contributed by atoms with E-state index in [0.717, 1.165) is 33.5 Å². The smallest absolute Gasteiger partial charge is 0.202 e. The number of aliphatic hydroxyl groups is 1. The van der Waals surface area contributed by atoms with Gasteiger partial charge in [0, 0.05) is 31.2 Å². The van der Waals surface area contributed by atoms with E-state index in [1.54, 1.807) is 30.6 Å². The van der Waals surface area contributed by atoms with Gasteiger partial charge in [0.2, 0.25) is 4.77 Å². The highest BCUT2D eigenvalue weighted by atomic mass is 32.2. The van der Waals surface area contributed by atoms with E-state index in [2.05, 4.69) is 10.3 Å². The lowest BCUT2D eigenvalue weighted by Gasteiger charge is -2.24. The van der Waals surface area contributed by atoms with Gasteiger partial charge in [0.25, 0.3) is 0 Å². The molecule has 0 spiro atoms. The molecule has 1 aromatic heterocycles. The van der Waals surface area contributed by atoms with Gasteiger partial charge in [0.1, 0.15) is 18.2 Å². The summed E-state index contributed by atoms with van der Waals surface area (Å²) in [5.74, 6) is 1.48. The van der Waals surface area contributed by atoms with E-state index in [-0.39, 0.29) is 23.3 Å². The third-order valence-corrected chi connectivity index (χ3v) is 7.64. The molecule has 0 bridgehead atoms. The molecule has 10 heteroatoms. The fraction of sp³-hybridized carbons (Fsp3) is 0.444. The van der Waals surface area contributed by atoms with Crippen molar-refractivity contribution >= 4 is 47.2 Å². The van der Waals surface area contributed by atoms with E-state index in [1.165, 1.54) is 0 Å². The van der Waals surface area contributed by atoms with Crippen LogP contribution in [0.4, 0.5) is 11.5 Å². The molecule has 7 nitrogen and oxygen atoms in total. The lowest BCUT2D eigenvalue weighted by molar-refractivity contribution is 0.0813. The highest BCUT2D eigenvalue weighted by Crippen LogP contribution is 2.48. The molecule has 2 aliphatic rings. The number of aromatic nitrogens is 2. The third kappa shape index (κ3) is 3.77. The summed E-state index contributed by atoms with van der Waals surface area (Å²) in [6, 6.07) is 5.93. The van der Waals surface area contributed by atoms with Crippen LogP contribution < -0.4 is 15.8 Å². The van der Waals surface area contributed by atoms with Crippen LogP contribution in [-0.4, -0.2) is 52.9 Å². The van der Waals surface area contributed by atoms with Crippen molar-refractivity contribution in [3.63, 3.8) is 0 Å². The Morgan fingerprint density at radius 1 is 1.43 bits per heavy atom. The molecule has 1 fully saturated rings. The predicted molar refractivity (Wildman–Crippen MR) is 114 cm³/mol. The Hall–Kier alpha value is -1.30. The van der Waals surface area contributed by atoms with Crippen molar-refractivity contribution in [3.05, 3.63) is 29.2 Å². The van der Waals surface area contributed by atoms with Crippen LogP contribution in [-0.2, 0) is 4.74 Å². The van der Waals surface area contributed by atoms with E-state index in [4.69, 9.17) is 27.4 Å². The molecule has 0 saturated carbocycles. The first-order chi connectivity index (χ1) is 13.6. The number of hydrogen-bond donors (Lipinski definition) is 3. The molecule has 1 aromatic carbocycles. The van der Waals surface area contributed by atoms with Gasteiger partial charge in [0.05, 0.1) is 33.9 Å². The van der Waals surface area contributed by atoms with Crippen LogP contribution in [0.2, 0.25) is 0 Å². The second-order valence-corrected chi connectivity index (χ2v) is 9.33. The van der Waals surface area contributed by atoms with Gasteiger partial charge in [-0.05, 0) is 24.4 Å². The Morgan fingerprint density at radius 2 is 2.29 bits per heavy atom. The summed E-state index contributed by atoms with van der Waals surface area (Å²) in [5, 5.41) is 13.1. The molecular formula is C18H22N4O3S3. The van der Waals surface area contributed by atoms with Crippen molar-refractivity contribution in [2.45, 2.75) is 32.9 Å². The Bertz CT molecular complexity index is 911. The number of nitrogens with one attached hydrogen (secondary N) is 1. The van der Waals surface area contributed by atoms with Crippen LogP contribution in [0.15, 0.2) is 34.2 Å². The SMILES string of the molecule is COC1C[C@H](n2cc3c(nc2=S)Nc2c(OCCN)cccc2S3)S[C@@H]1CO. The number of anilines is 2. The van der Waals surface area contributed by atoms with Crippen LogP contribution >= 0.6 is 35.7 Å². The molecule has 0 aliphatic carbocycles. The minimum absolute atomic E-state index is 0.00619. The molecule has 2 aromatic rings. The number of fused-ring (bicyclic) bond motifs is 2. The van der Waals surface area contributed by atoms with Crippen LogP contribution in [0.5, 0.6) is 5.75 Å². The highest BCUT2D eigenvalue weighted by Gasteiger charge is 2.36. The molecule has 3 heterocycles. The van der Waals surface area contributed by atoms with E-state index in [0.29, 0.717) is 17.9 Å². The van der Waals surface area contributed by atoms with Crippen LogP contribution in [0.1, 0.15) is 11.8 Å². The second-order valence-electron chi connectivity index (χ2n) is 6.46. The summed E-state index contributed by atoms with van der Waals surface area (Å²) in [4.78, 5) is 6.69. The molecule has 4 N–H and O–H groups in total. The van der Waals surface area contributed by atoms with Crippen molar-refractivity contribution in [2.75, 3.05) is 32.2 Å². The van der Waals surface area contributed by atoms with Gasteiger partial charge in [-0.15, -0.1) is 11.8 Å². The maximum absolute atomic E-state index is 9.60. The molecule has 150 valence electrons. The molecule has 28 heavy (non-hydrogen) atoms.